The zero-order valence-corrected chi connectivity index (χ0v) is 14.9. The van der Waals surface area contributed by atoms with Gasteiger partial charge in [0.15, 0.2) is 0 Å². The number of ether oxygens (including phenoxy) is 2. The molecule has 0 bridgehead atoms. The van der Waals surface area contributed by atoms with Crippen LogP contribution in [0.4, 0.5) is 0 Å². The first-order chi connectivity index (χ1) is 11.7. The lowest BCUT2D eigenvalue weighted by atomic mass is 9.88. The Hall–Kier alpha value is -1.10. The molecule has 0 spiro atoms. The number of methoxy groups -OCH3 is 1. The Kier molecular flexibility index (Phi) is 6.14. The first-order valence-electron chi connectivity index (χ1n) is 9.73. The molecule has 0 radical (unpaired) electrons. The molecule has 0 N–H and O–H groups in total. The van der Waals surface area contributed by atoms with Crippen molar-refractivity contribution in [3.05, 3.63) is 0 Å². The molecule has 0 aromatic rings. The molecule has 2 aliphatic carbocycles. The van der Waals surface area contributed by atoms with Crippen LogP contribution in [0.2, 0.25) is 0 Å². The summed E-state index contributed by atoms with van der Waals surface area (Å²) < 4.78 is 11.2. The van der Waals surface area contributed by atoms with Gasteiger partial charge in [0.1, 0.15) is 12.1 Å². The summed E-state index contributed by atoms with van der Waals surface area (Å²) >= 11 is 0. The lowest BCUT2D eigenvalue weighted by Crippen LogP contribution is -2.45. The van der Waals surface area contributed by atoms with Crippen molar-refractivity contribution in [2.45, 2.75) is 88.9 Å². The van der Waals surface area contributed by atoms with Gasteiger partial charge in [0.25, 0.3) is 0 Å². The summed E-state index contributed by atoms with van der Waals surface area (Å²) in [5.74, 6) is 0.116. The maximum absolute atomic E-state index is 12.8. The summed E-state index contributed by atoms with van der Waals surface area (Å²) in [6, 6.07) is -0.359. The molecular formula is C19H31NO4. The number of carbonyl (C=O) groups is 2. The molecule has 1 aliphatic heterocycles. The Labute approximate surface area is 145 Å². The summed E-state index contributed by atoms with van der Waals surface area (Å²) in [5.41, 5.74) is 0. The van der Waals surface area contributed by atoms with E-state index in [-0.39, 0.29) is 36.0 Å². The minimum atomic E-state index is -0.359. The van der Waals surface area contributed by atoms with Gasteiger partial charge in [0, 0.05) is 26.0 Å². The number of nitrogens with zero attached hydrogens (tertiary/aromatic N) is 1. The lowest BCUT2D eigenvalue weighted by molar-refractivity contribution is -0.162. The van der Waals surface area contributed by atoms with Crippen LogP contribution in [0.1, 0.15) is 70.6 Å². The van der Waals surface area contributed by atoms with Crippen molar-refractivity contribution in [2.24, 2.45) is 5.92 Å². The van der Waals surface area contributed by atoms with Crippen molar-refractivity contribution in [2.75, 3.05) is 13.7 Å². The first kappa shape index (κ1) is 17.7. The van der Waals surface area contributed by atoms with Gasteiger partial charge in [-0.2, -0.15) is 0 Å². The largest absolute Gasteiger partial charge is 0.461 e. The quantitative estimate of drug-likeness (QED) is 0.740. The van der Waals surface area contributed by atoms with Crippen molar-refractivity contribution in [3.63, 3.8) is 0 Å². The molecule has 3 aliphatic rings. The molecule has 1 heterocycles. The highest BCUT2D eigenvalue weighted by molar-refractivity contribution is 5.86. The summed E-state index contributed by atoms with van der Waals surface area (Å²) in [5, 5.41) is 0. The fourth-order valence-electron chi connectivity index (χ4n) is 4.53. The maximum Gasteiger partial charge on any atom is 0.329 e. The van der Waals surface area contributed by atoms with Gasteiger partial charge in [-0.05, 0) is 44.9 Å². The Morgan fingerprint density at radius 2 is 1.62 bits per heavy atom. The Morgan fingerprint density at radius 3 is 2.38 bits per heavy atom. The summed E-state index contributed by atoms with van der Waals surface area (Å²) in [6.45, 7) is 0.709. The van der Waals surface area contributed by atoms with Crippen LogP contribution in [-0.2, 0) is 19.1 Å². The highest BCUT2D eigenvalue weighted by Gasteiger charge is 2.39. The van der Waals surface area contributed by atoms with E-state index in [0.29, 0.717) is 6.54 Å². The van der Waals surface area contributed by atoms with Crippen LogP contribution in [0.25, 0.3) is 0 Å². The number of esters is 1. The molecule has 136 valence electrons. The van der Waals surface area contributed by atoms with Crippen LogP contribution < -0.4 is 0 Å². The van der Waals surface area contributed by atoms with Gasteiger partial charge >= 0.3 is 5.97 Å². The molecule has 0 unspecified atom stereocenters. The average Bonchev–Trinajstić information content (AvgIpc) is 3.12. The molecule has 3 atom stereocenters. The van der Waals surface area contributed by atoms with Crippen molar-refractivity contribution in [1.82, 2.24) is 4.90 Å². The molecule has 1 amide bonds. The molecule has 24 heavy (non-hydrogen) atoms. The minimum Gasteiger partial charge on any atom is -0.461 e. The molecule has 5 nitrogen and oxygen atoms in total. The molecule has 0 aromatic carbocycles. The zero-order chi connectivity index (χ0) is 16.9. The summed E-state index contributed by atoms with van der Waals surface area (Å²) in [6.07, 6.45) is 11.0. The molecule has 2 saturated carbocycles. The number of hydrogen-bond donors (Lipinski definition) is 0. The SMILES string of the molecule is CO[C@@H]1CCC[C@@H](OC(=O)[C@H]2CCCN2C(=O)C2CCCCC2)C1. The van der Waals surface area contributed by atoms with E-state index >= 15 is 0 Å². The van der Waals surface area contributed by atoms with Gasteiger partial charge in [-0.25, -0.2) is 4.79 Å². The van der Waals surface area contributed by atoms with Crippen LogP contribution in [0, 0.1) is 5.92 Å². The number of rotatable bonds is 4. The van der Waals surface area contributed by atoms with Gasteiger partial charge in [-0.1, -0.05) is 19.3 Å². The van der Waals surface area contributed by atoms with Crippen molar-refractivity contribution in [3.8, 4) is 0 Å². The van der Waals surface area contributed by atoms with Crippen molar-refractivity contribution >= 4 is 11.9 Å². The third-order valence-corrected chi connectivity index (χ3v) is 5.96. The molecular weight excluding hydrogens is 306 g/mol. The van der Waals surface area contributed by atoms with Crippen molar-refractivity contribution in [1.29, 1.82) is 0 Å². The van der Waals surface area contributed by atoms with E-state index in [1.807, 2.05) is 4.90 Å². The van der Waals surface area contributed by atoms with E-state index < -0.39 is 0 Å². The highest BCUT2D eigenvalue weighted by atomic mass is 16.5. The van der Waals surface area contributed by atoms with Gasteiger partial charge in [0.05, 0.1) is 6.10 Å². The maximum atomic E-state index is 12.8. The fraction of sp³-hybridized carbons (Fsp3) is 0.895. The van der Waals surface area contributed by atoms with Crippen LogP contribution in [0.3, 0.4) is 0 Å². The van der Waals surface area contributed by atoms with E-state index in [9.17, 15) is 9.59 Å². The molecule has 3 rings (SSSR count). The van der Waals surface area contributed by atoms with E-state index in [1.54, 1.807) is 7.11 Å². The standard InChI is InChI=1S/C19H31NO4/c1-23-15-9-5-10-16(13-15)24-19(22)17-11-6-12-20(17)18(21)14-7-3-2-4-8-14/h14-17H,2-13H2,1H3/t15-,16-,17-/m1/s1. The monoisotopic (exact) mass is 337 g/mol. The smallest absolute Gasteiger partial charge is 0.329 e. The molecule has 0 aromatic heterocycles. The number of hydrogen-bond acceptors (Lipinski definition) is 4. The molecule has 1 saturated heterocycles. The predicted molar refractivity (Wildman–Crippen MR) is 90.5 cm³/mol. The summed E-state index contributed by atoms with van der Waals surface area (Å²) in [7, 11) is 1.72. The van der Waals surface area contributed by atoms with Crippen LogP contribution >= 0.6 is 0 Å². The topological polar surface area (TPSA) is 55.8 Å². The minimum absolute atomic E-state index is 0.0524. The highest BCUT2D eigenvalue weighted by Crippen LogP contribution is 2.30. The first-order valence-corrected chi connectivity index (χ1v) is 9.73. The van der Waals surface area contributed by atoms with E-state index in [4.69, 9.17) is 9.47 Å². The third kappa shape index (κ3) is 4.11. The second kappa shape index (κ2) is 8.32. The Bertz CT molecular complexity index is 447. The van der Waals surface area contributed by atoms with Gasteiger partial charge in [-0.15, -0.1) is 0 Å². The number of carbonyl (C=O) groups excluding carboxylic acids is 2. The van der Waals surface area contributed by atoms with Crippen molar-refractivity contribution < 1.29 is 19.1 Å². The van der Waals surface area contributed by atoms with Gasteiger partial charge < -0.3 is 14.4 Å². The second-order valence-electron chi connectivity index (χ2n) is 7.61. The average molecular weight is 337 g/mol. The van der Waals surface area contributed by atoms with Crippen LogP contribution in [0.5, 0.6) is 0 Å². The third-order valence-electron chi connectivity index (χ3n) is 5.96. The molecule has 5 heteroatoms. The Balaban J connectivity index is 1.56. The van der Waals surface area contributed by atoms with Gasteiger partial charge in [0.2, 0.25) is 5.91 Å². The van der Waals surface area contributed by atoms with Gasteiger partial charge in [-0.3, -0.25) is 4.79 Å². The summed E-state index contributed by atoms with van der Waals surface area (Å²) in [4.78, 5) is 27.3. The zero-order valence-electron chi connectivity index (χ0n) is 14.9. The van der Waals surface area contributed by atoms with E-state index in [2.05, 4.69) is 0 Å². The predicted octanol–water partition coefficient (Wildman–Crippen LogP) is 3.06. The Morgan fingerprint density at radius 1 is 0.875 bits per heavy atom. The van der Waals surface area contributed by atoms with Crippen LogP contribution in [-0.4, -0.2) is 48.7 Å². The normalized spacial score (nSPS) is 31.9. The lowest BCUT2D eigenvalue weighted by Gasteiger charge is -2.32. The molecule has 3 fully saturated rings. The van der Waals surface area contributed by atoms with Crippen LogP contribution in [0.15, 0.2) is 0 Å². The second-order valence-corrected chi connectivity index (χ2v) is 7.61. The fourth-order valence-corrected chi connectivity index (χ4v) is 4.53. The van der Waals surface area contributed by atoms with E-state index in [1.165, 1.54) is 6.42 Å². The number of likely N-dealkylation sites (tertiary alicyclic amines) is 1. The number of amides is 1. The van der Waals surface area contributed by atoms with E-state index in [0.717, 1.165) is 64.2 Å².